The maximum absolute atomic E-state index is 4.61. The average Bonchev–Trinajstić information content (AvgIpc) is 3.07. The Morgan fingerprint density at radius 3 is 2.81 bits per heavy atom. The van der Waals surface area contributed by atoms with Crippen molar-refractivity contribution >= 4 is 16.5 Å². The number of rotatable bonds is 4. The highest BCUT2D eigenvalue weighted by Gasteiger charge is 2.13. The number of para-hydroxylation sites is 1. The molecule has 0 aliphatic rings. The van der Waals surface area contributed by atoms with Gasteiger partial charge in [-0.3, -0.25) is 0 Å². The quantitative estimate of drug-likeness (QED) is 0.790. The van der Waals surface area contributed by atoms with Crippen molar-refractivity contribution in [1.29, 1.82) is 0 Å². The summed E-state index contributed by atoms with van der Waals surface area (Å²) in [5.74, 6) is 0. The van der Waals surface area contributed by atoms with Gasteiger partial charge in [0, 0.05) is 17.5 Å². The number of nitrogens with one attached hydrogen (secondary N) is 1. The van der Waals surface area contributed by atoms with Crippen LogP contribution in [0.4, 0.5) is 5.13 Å². The maximum atomic E-state index is 4.61. The van der Waals surface area contributed by atoms with Crippen molar-refractivity contribution in [3.05, 3.63) is 47.1 Å². The first-order valence-electron chi connectivity index (χ1n) is 7.01. The van der Waals surface area contributed by atoms with E-state index >= 15 is 0 Å². The number of anilines is 1. The molecule has 1 N–H and O–H groups in total. The molecule has 0 aliphatic heterocycles. The molecule has 0 bridgehead atoms. The minimum Gasteiger partial charge on any atom is -0.362 e. The molecule has 108 valence electrons. The molecule has 5 heteroatoms. The number of hydrogen-bond acceptors (Lipinski definition) is 4. The van der Waals surface area contributed by atoms with E-state index in [0.717, 1.165) is 34.3 Å². The molecule has 2 aromatic heterocycles. The van der Waals surface area contributed by atoms with Gasteiger partial charge in [0.05, 0.1) is 23.3 Å². The van der Waals surface area contributed by atoms with E-state index in [1.54, 1.807) is 11.3 Å². The van der Waals surface area contributed by atoms with Crippen LogP contribution in [0.15, 0.2) is 35.8 Å². The summed E-state index contributed by atoms with van der Waals surface area (Å²) in [6.45, 7) is 7.14. The van der Waals surface area contributed by atoms with Gasteiger partial charge in [0.2, 0.25) is 0 Å². The van der Waals surface area contributed by atoms with Crippen LogP contribution in [0.3, 0.4) is 0 Å². The Morgan fingerprint density at radius 2 is 2.05 bits per heavy atom. The Balaban J connectivity index is 2.01. The van der Waals surface area contributed by atoms with Crippen molar-refractivity contribution in [2.75, 3.05) is 11.9 Å². The summed E-state index contributed by atoms with van der Waals surface area (Å²) < 4.78 is 1.98. The highest BCUT2D eigenvalue weighted by molar-refractivity contribution is 7.14. The van der Waals surface area contributed by atoms with E-state index in [1.165, 1.54) is 5.56 Å². The number of aromatic nitrogens is 3. The molecule has 3 rings (SSSR count). The molecule has 2 heterocycles. The number of nitrogens with zero attached hydrogens (tertiary/aromatic N) is 3. The third kappa shape index (κ3) is 2.56. The Bertz CT molecular complexity index is 757. The van der Waals surface area contributed by atoms with Crippen LogP contribution in [0.1, 0.15) is 18.2 Å². The van der Waals surface area contributed by atoms with Crippen LogP contribution < -0.4 is 5.32 Å². The number of benzene rings is 1. The lowest BCUT2D eigenvalue weighted by Crippen LogP contribution is -2.01. The summed E-state index contributed by atoms with van der Waals surface area (Å²) in [7, 11) is 0. The molecule has 3 aromatic rings. The summed E-state index contributed by atoms with van der Waals surface area (Å²) in [5, 5.41) is 10.8. The van der Waals surface area contributed by atoms with Gasteiger partial charge in [0.1, 0.15) is 0 Å². The summed E-state index contributed by atoms with van der Waals surface area (Å²) in [6, 6.07) is 8.27. The first-order chi connectivity index (χ1) is 10.2. The second-order valence-electron chi connectivity index (χ2n) is 4.91. The second-order valence-corrected chi connectivity index (χ2v) is 5.77. The zero-order valence-corrected chi connectivity index (χ0v) is 13.2. The van der Waals surface area contributed by atoms with Gasteiger partial charge in [-0.15, -0.1) is 11.3 Å². The summed E-state index contributed by atoms with van der Waals surface area (Å²) >= 11 is 1.63. The van der Waals surface area contributed by atoms with Crippen LogP contribution in [0.25, 0.3) is 16.9 Å². The van der Waals surface area contributed by atoms with E-state index in [1.807, 2.05) is 23.0 Å². The van der Waals surface area contributed by atoms with Gasteiger partial charge in [-0.1, -0.05) is 18.2 Å². The molecule has 0 amide bonds. The molecular weight excluding hydrogens is 280 g/mol. The Labute approximate surface area is 128 Å². The van der Waals surface area contributed by atoms with Crippen LogP contribution in [-0.2, 0) is 0 Å². The van der Waals surface area contributed by atoms with Crippen molar-refractivity contribution in [3.8, 4) is 16.9 Å². The first kappa shape index (κ1) is 13.8. The van der Waals surface area contributed by atoms with E-state index in [9.17, 15) is 0 Å². The summed E-state index contributed by atoms with van der Waals surface area (Å²) in [4.78, 5) is 4.61. The van der Waals surface area contributed by atoms with E-state index in [4.69, 9.17) is 0 Å². The van der Waals surface area contributed by atoms with Gasteiger partial charge in [-0.05, 0) is 32.4 Å². The lowest BCUT2D eigenvalue weighted by molar-refractivity contribution is 0.840. The van der Waals surface area contributed by atoms with Crippen molar-refractivity contribution in [3.63, 3.8) is 0 Å². The van der Waals surface area contributed by atoms with E-state index < -0.39 is 0 Å². The molecule has 0 spiro atoms. The lowest BCUT2D eigenvalue weighted by Gasteiger charge is -2.08. The zero-order valence-electron chi connectivity index (χ0n) is 12.4. The molecule has 0 radical (unpaired) electrons. The minimum atomic E-state index is 0.883. The van der Waals surface area contributed by atoms with Crippen LogP contribution in [0, 0.1) is 13.8 Å². The Hall–Kier alpha value is -2.14. The van der Waals surface area contributed by atoms with E-state index in [0.29, 0.717) is 0 Å². The van der Waals surface area contributed by atoms with E-state index in [2.05, 4.69) is 53.7 Å². The largest absolute Gasteiger partial charge is 0.362 e. The Morgan fingerprint density at radius 1 is 1.24 bits per heavy atom. The van der Waals surface area contributed by atoms with Gasteiger partial charge in [-0.2, -0.15) is 5.10 Å². The molecule has 21 heavy (non-hydrogen) atoms. The zero-order chi connectivity index (χ0) is 14.8. The van der Waals surface area contributed by atoms with Crippen molar-refractivity contribution in [2.24, 2.45) is 0 Å². The highest BCUT2D eigenvalue weighted by atomic mass is 32.1. The number of aryl methyl sites for hydroxylation is 1. The molecule has 0 saturated heterocycles. The Kier molecular flexibility index (Phi) is 3.75. The molecule has 0 atom stereocenters. The van der Waals surface area contributed by atoms with Gasteiger partial charge in [0.25, 0.3) is 0 Å². The van der Waals surface area contributed by atoms with Crippen LogP contribution in [-0.4, -0.2) is 21.3 Å². The van der Waals surface area contributed by atoms with Crippen molar-refractivity contribution in [1.82, 2.24) is 14.8 Å². The van der Waals surface area contributed by atoms with Gasteiger partial charge >= 0.3 is 0 Å². The van der Waals surface area contributed by atoms with Gasteiger partial charge in [0.15, 0.2) is 5.13 Å². The molecule has 0 fully saturated rings. The van der Waals surface area contributed by atoms with Crippen molar-refractivity contribution < 1.29 is 0 Å². The lowest BCUT2D eigenvalue weighted by atomic mass is 10.2. The molecule has 1 aromatic carbocycles. The van der Waals surface area contributed by atoms with E-state index in [-0.39, 0.29) is 0 Å². The predicted molar refractivity (Wildman–Crippen MR) is 88.3 cm³/mol. The van der Waals surface area contributed by atoms with Crippen LogP contribution in [0.2, 0.25) is 0 Å². The predicted octanol–water partition coefficient (Wildman–Crippen LogP) is 4.04. The summed E-state index contributed by atoms with van der Waals surface area (Å²) in [5.41, 5.74) is 5.50. The third-order valence-electron chi connectivity index (χ3n) is 3.46. The number of hydrogen-bond donors (Lipinski definition) is 1. The standard InChI is InChI=1S/C16H18N4S/c1-4-17-16-19-14(10-21-16)13-9-18-20(12(13)3)15-8-6-5-7-11(15)2/h5-10H,4H2,1-3H3,(H,17,19). The fourth-order valence-corrected chi connectivity index (χ4v) is 3.12. The number of thiazole rings is 1. The summed E-state index contributed by atoms with van der Waals surface area (Å²) in [6.07, 6.45) is 1.90. The smallest absolute Gasteiger partial charge is 0.183 e. The molecule has 0 aliphatic carbocycles. The minimum absolute atomic E-state index is 0.883. The fraction of sp³-hybridized carbons (Fsp3) is 0.250. The van der Waals surface area contributed by atoms with Crippen molar-refractivity contribution in [2.45, 2.75) is 20.8 Å². The SMILES string of the molecule is CCNc1nc(-c2cnn(-c3ccccc3C)c2C)cs1. The fourth-order valence-electron chi connectivity index (χ4n) is 2.33. The highest BCUT2D eigenvalue weighted by Crippen LogP contribution is 2.28. The normalized spacial score (nSPS) is 10.8. The monoisotopic (exact) mass is 298 g/mol. The van der Waals surface area contributed by atoms with Crippen LogP contribution in [0.5, 0.6) is 0 Å². The maximum Gasteiger partial charge on any atom is 0.183 e. The molecule has 0 saturated carbocycles. The van der Waals surface area contributed by atoms with Gasteiger partial charge in [-0.25, -0.2) is 9.67 Å². The molecule has 4 nitrogen and oxygen atoms in total. The average molecular weight is 298 g/mol. The van der Waals surface area contributed by atoms with Crippen LogP contribution >= 0.6 is 11.3 Å². The topological polar surface area (TPSA) is 42.7 Å². The third-order valence-corrected chi connectivity index (χ3v) is 4.26. The second kappa shape index (κ2) is 5.69. The molecular formula is C16H18N4S. The molecule has 0 unspecified atom stereocenters. The first-order valence-corrected chi connectivity index (χ1v) is 7.89. The van der Waals surface area contributed by atoms with Gasteiger partial charge < -0.3 is 5.32 Å².